The van der Waals surface area contributed by atoms with Gasteiger partial charge in [0.25, 0.3) is 5.89 Å². The smallest absolute Gasteiger partial charge is 0.376 e. The van der Waals surface area contributed by atoms with Gasteiger partial charge in [0.15, 0.2) is 5.82 Å². The summed E-state index contributed by atoms with van der Waals surface area (Å²) in [7, 11) is 0. The first-order chi connectivity index (χ1) is 5.95. The van der Waals surface area contributed by atoms with E-state index in [4.69, 9.17) is 5.11 Å². The summed E-state index contributed by atoms with van der Waals surface area (Å²) < 4.78 is 39.8. The minimum absolute atomic E-state index is 0.137. The number of hydrogen-bond acceptors (Lipinski definition) is 4. The Morgan fingerprint density at radius 1 is 1.54 bits per heavy atom. The van der Waals surface area contributed by atoms with Crippen LogP contribution in [0.1, 0.15) is 24.7 Å². The maximum atomic E-state index is 11.9. The van der Waals surface area contributed by atoms with E-state index in [1.807, 2.05) is 0 Å². The number of hydrogen-bond donors (Lipinski definition) is 1. The van der Waals surface area contributed by atoms with Crippen LogP contribution in [0.15, 0.2) is 4.52 Å². The fourth-order valence-electron chi connectivity index (χ4n) is 0.662. The van der Waals surface area contributed by atoms with Crippen LogP contribution in [0, 0.1) is 0 Å². The molecule has 0 aliphatic heterocycles. The van der Waals surface area contributed by atoms with Gasteiger partial charge >= 0.3 is 6.18 Å². The first-order valence-electron chi connectivity index (χ1n) is 3.52. The highest BCUT2D eigenvalue weighted by Crippen LogP contribution is 2.31. The third-order valence-corrected chi connectivity index (χ3v) is 1.34. The van der Waals surface area contributed by atoms with Crippen molar-refractivity contribution in [2.75, 3.05) is 0 Å². The van der Waals surface area contributed by atoms with Gasteiger partial charge < -0.3 is 9.63 Å². The molecule has 0 aromatic carbocycles. The number of rotatable bonds is 2. The molecular formula is C6H7F3N2O2. The van der Waals surface area contributed by atoms with Gasteiger partial charge in [-0.25, -0.2) is 0 Å². The van der Waals surface area contributed by atoms with Gasteiger partial charge in [-0.3, -0.25) is 0 Å². The molecule has 0 radical (unpaired) electrons. The summed E-state index contributed by atoms with van der Waals surface area (Å²) in [4.78, 5) is 3.35. The second-order valence-corrected chi connectivity index (χ2v) is 2.35. The molecule has 13 heavy (non-hydrogen) atoms. The van der Waals surface area contributed by atoms with Crippen LogP contribution in [0.25, 0.3) is 0 Å². The highest BCUT2D eigenvalue weighted by Gasteiger charge is 2.43. The predicted octanol–water partition coefficient (Wildman–Crippen LogP) is 1.23. The molecular weight excluding hydrogens is 189 g/mol. The van der Waals surface area contributed by atoms with Crippen LogP contribution in [-0.4, -0.2) is 21.4 Å². The number of aliphatic hydroxyl groups excluding tert-OH is 1. The third-order valence-electron chi connectivity index (χ3n) is 1.34. The second-order valence-electron chi connectivity index (χ2n) is 2.35. The van der Waals surface area contributed by atoms with Gasteiger partial charge in [0.1, 0.15) is 0 Å². The normalized spacial score (nSPS) is 14.5. The molecule has 1 rings (SSSR count). The van der Waals surface area contributed by atoms with Crippen LogP contribution in [0.3, 0.4) is 0 Å². The monoisotopic (exact) mass is 196 g/mol. The van der Waals surface area contributed by atoms with Gasteiger partial charge in [-0.05, 0) is 0 Å². The molecule has 0 saturated heterocycles. The van der Waals surface area contributed by atoms with Gasteiger partial charge in [0, 0.05) is 6.42 Å². The maximum absolute atomic E-state index is 11.9. The van der Waals surface area contributed by atoms with Crippen molar-refractivity contribution >= 4 is 0 Å². The number of halogens is 3. The average molecular weight is 196 g/mol. The van der Waals surface area contributed by atoms with E-state index in [1.165, 1.54) is 0 Å². The van der Waals surface area contributed by atoms with Crippen LogP contribution in [0.2, 0.25) is 0 Å². The second kappa shape index (κ2) is 3.33. The minimum atomic E-state index is -4.77. The number of aryl methyl sites for hydroxylation is 1. The van der Waals surface area contributed by atoms with Crippen LogP contribution in [0.5, 0.6) is 0 Å². The van der Waals surface area contributed by atoms with Crippen molar-refractivity contribution in [3.63, 3.8) is 0 Å². The van der Waals surface area contributed by atoms with E-state index in [0.29, 0.717) is 6.42 Å². The Morgan fingerprint density at radius 2 is 2.15 bits per heavy atom. The molecule has 0 aliphatic rings. The van der Waals surface area contributed by atoms with E-state index in [1.54, 1.807) is 6.92 Å². The molecule has 7 heteroatoms. The summed E-state index contributed by atoms with van der Waals surface area (Å²) in [5, 5.41) is 11.9. The Labute approximate surface area is 71.4 Å². The molecule has 0 aliphatic carbocycles. The van der Waals surface area contributed by atoms with Gasteiger partial charge in [-0.2, -0.15) is 18.2 Å². The van der Waals surface area contributed by atoms with Crippen molar-refractivity contribution in [2.24, 2.45) is 0 Å². The molecule has 74 valence electrons. The molecule has 4 nitrogen and oxygen atoms in total. The predicted molar refractivity (Wildman–Crippen MR) is 34.7 cm³/mol. The lowest BCUT2D eigenvalue weighted by Gasteiger charge is -2.08. The quantitative estimate of drug-likeness (QED) is 0.772. The lowest BCUT2D eigenvalue weighted by atomic mass is 10.3. The number of aromatic nitrogens is 2. The third kappa shape index (κ3) is 2.18. The first kappa shape index (κ1) is 9.97. The van der Waals surface area contributed by atoms with Crippen LogP contribution >= 0.6 is 0 Å². The Balaban J connectivity index is 2.83. The van der Waals surface area contributed by atoms with Gasteiger partial charge in [0.05, 0.1) is 0 Å². The topological polar surface area (TPSA) is 59.2 Å². The average Bonchev–Trinajstić information content (AvgIpc) is 2.48. The summed E-state index contributed by atoms with van der Waals surface area (Å²) in [6.45, 7) is 1.66. The Kier molecular flexibility index (Phi) is 2.55. The van der Waals surface area contributed by atoms with E-state index < -0.39 is 18.2 Å². The van der Waals surface area contributed by atoms with E-state index in [2.05, 4.69) is 14.7 Å². The molecule has 0 saturated carbocycles. The van der Waals surface area contributed by atoms with E-state index in [-0.39, 0.29) is 5.82 Å². The molecule has 1 aromatic rings. The highest BCUT2D eigenvalue weighted by molar-refractivity contribution is 4.91. The molecule has 0 amide bonds. The molecule has 1 N–H and O–H groups in total. The van der Waals surface area contributed by atoms with Gasteiger partial charge in [-0.15, -0.1) is 0 Å². The van der Waals surface area contributed by atoms with Crippen LogP contribution in [0.4, 0.5) is 13.2 Å². The molecule has 1 heterocycles. The summed E-state index contributed by atoms with van der Waals surface area (Å²) >= 11 is 0. The number of nitrogens with zero attached hydrogens (tertiary/aromatic N) is 2. The molecule has 1 unspecified atom stereocenters. The molecule has 0 fully saturated rings. The van der Waals surface area contributed by atoms with Gasteiger partial charge in [-0.1, -0.05) is 12.1 Å². The number of alkyl halides is 3. The summed E-state index contributed by atoms with van der Waals surface area (Å²) in [6, 6.07) is 0. The summed E-state index contributed by atoms with van der Waals surface area (Å²) in [5.41, 5.74) is 0. The van der Waals surface area contributed by atoms with Crippen molar-refractivity contribution in [1.29, 1.82) is 0 Å². The molecule has 1 atom stereocenters. The largest absolute Gasteiger partial charge is 0.423 e. The molecule has 0 bridgehead atoms. The zero-order valence-corrected chi connectivity index (χ0v) is 6.67. The Bertz CT molecular complexity index is 284. The van der Waals surface area contributed by atoms with Crippen molar-refractivity contribution in [3.05, 3.63) is 11.7 Å². The highest BCUT2D eigenvalue weighted by atomic mass is 19.4. The van der Waals surface area contributed by atoms with Crippen molar-refractivity contribution in [2.45, 2.75) is 25.6 Å². The summed E-state index contributed by atoms with van der Waals surface area (Å²) in [6.07, 6.45) is -7.11. The fraction of sp³-hybridized carbons (Fsp3) is 0.667. The molecule has 1 aromatic heterocycles. The Hall–Kier alpha value is -1.11. The van der Waals surface area contributed by atoms with E-state index in [9.17, 15) is 13.2 Å². The van der Waals surface area contributed by atoms with Crippen molar-refractivity contribution < 1.29 is 22.8 Å². The minimum Gasteiger partial charge on any atom is -0.376 e. The SMILES string of the molecule is CCc1noc(C(O)C(F)(F)F)n1. The molecule has 0 spiro atoms. The zero-order chi connectivity index (χ0) is 10.1. The summed E-state index contributed by atoms with van der Waals surface area (Å²) in [5.74, 6) is -0.678. The van der Waals surface area contributed by atoms with Crippen LogP contribution in [-0.2, 0) is 6.42 Å². The standard InChI is InChI=1S/C6H7F3N2O2/c1-2-3-10-5(13-11-3)4(12)6(7,8)9/h4,12H,2H2,1H3. The van der Waals surface area contributed by atoms with Crippen molar-refractivity contribution in [1.82, 2.24) is 10.1 Å². The lowest BCUT2D eigenvalue weighted by molar-refractivity contribution is -0.213. The maximum Gasteiger partial charge on any atom is 0.423 e. The van der Waals surface area contributed by atoms with E-state index in [0.717, 1.165) is 0 Å². The van der Waals surface area contributed by atoms with E-state index >= 15 is 0 Å². The van der Waals surface area contributed by atoms with Crippen molar-refractivity contribution in [3.8, 4) is 0 Å². The van der Waals surface area contributed by atoms with Crippen LogP contribution < -0.4 is 0 Å². The number of aliphatic hydroxyl groups is 1. The first-order valence-corrected chi connectivity index (χ1v) is 3.52. The Morgan fingerprint density at radius 3 is 2.54 bits per heavy atom. The zero-order valence-electron chi connectivity index (χ0n) is 6.67. The fourth-order valence-corrected chi connectivity index (χ4v) is 0.662. The van der Waals surface area contributed by atoms with Gasteiger partial charge in [0.2, 0.25) is 6.10 Å². The lowest BCUT2D eigenvalue weighted by Crippen LogP contribution is -2.20.